The zero-order chi connectivity index (χ0) is 11.7. The lowest BCUT2D eigenvalue weighted by molar-refractivity contribution is -0.132. The molecule has 1 aromatic carbocycles. The molecule has 0 amide bonds. The third-order valence-electron chi connectivity index (χ3n) is 2.40. The number of carboxylic acids is 1. The molecule has 0 spiro atoms. The van der Waals surface area contributed by atoms with Gasteiger partial charge in [0.05, 0.1) is 5.37 Å². The molecule has 2 N–H and O–H groups in total. The summed E-state index contributed by atoms with van der Waals surface area (Å²) in [6.45, 7) is 3.97. The van der Waals surface area contributed by atoms with Crippen LogP contribution in [0.5, 0.6) is 0 Å². The van der Waals surface area contributed by atoms with Gasteiger partial charge in [0, 0.05) is 4.91 Å². The van der Waals surface area contributed by atoms with Crippen molar-refractivity contribution in [3.8, 4) is 0 Å². The molecule has 0 fully saturated rings. The topological polar surface area (TPSA) is 49.3 Å². The van der Waals surface area contributed by atoms with E-state index in [2.05, 4.69) is 5.32 Å². The fourth-order valence-electron chi connectivity index (χ4n) is 1.61. The predicted molar refractivity (Wildman–Crippen MR) is 65.9 cm³/mol. The molecule has 0 bridgehead atoms. The third-order valence-corrected chi connectivity index (χ3v) is 3.54. The fraction of sp³-hybridized carbons (Fsp3) is 0.250. The molecule has 0 aromatic heterocycles. The predicted octanol–water partition coefficient (Wildman–Crippen LogP) is 2.43. The highest BCUT2D eigenvalue weighted by Gasteiger charge is 2.26. The Morgan fingerprint density at radius 3 is 2.56 bits per heavy atom. The van der Waals surface area contributed by atoms with Gasteiger partial charge in [-0.1, -0.05) is 41.6 Å². The molecule has 1 atom stereocenters. The van der Waals surface area contributed by atoms with Crippen LogP contribution < -0.4 is 5.32 Å². The van der Waals surface area contributed by atoms with Gasteiger partial charge in [-0.2, -0.15) is 0 Å². The molecule has 0 radical (unpaired) electrons. The van der Waals surface area contributed by atoms with E-state index in [-0.39, 0.29) is 5.37 Å². The van der Waals surface area contributed by atoms with E-state index in [0.717, 1.165) is 10.5 Å². The van der Waals surface area contributed by atoms with Crippen LogP contribution in [0.2, 0.25) is 0 Å². The highest BCUT2D eigenvalue weighted by molar-refractivity contribution is 8.09. The second-order valence-electron chi connectivity index (χ2n) is 3.78. The summed E-state index contributed by atoms with van der Waals surface area (Å²) in [5.74, 6) is -0.896. The van der Waals surface area contributed by atoms with E-state index in [1.807, 2.05) is 38.1 Å². The number of thioether (sulfide) groups is 1. The maximum atomic E-state index is 11.1. The molecular weight excluding hydrogens is 222 g/mol. The smallest absolute Gasteiger partial charge is 0.353 e. The Bertz CT molecular complexity index is 451. The van der Waals surface area contributed by atoms with E-state index in [1.165, 1.54) is 5.56 Å². The lowest BCUT2D eigenvalue weighted by Gasteiger charge is -2.03. The van der Waals surface area contributed by atoms with Gasteiger partial charge < -0.3 is 10.4 Å². The van der Waals surface area contributed by atoms with E-state index in [9.17, 15) is 4.79 Å². The van der Waals surface area contributed by atoms with E-state index in [4.69, 9.17) is 5.11 Å². The Kier molecular flexibility index (Phi) is 2.92. The molecule has 0 aliphatic carbocycles. The van der Waals surface area contributed by atoms with Gasteiger partial charge in [-0.05, 0) is 19.4 Å². The second-order valence-corrected chi connectivity index (χ2v) is 5.13. The SMILES string of the molecule is Cc1ccc(C2=C(C(=O)O)NC(C)S2)cc1. The largest absolute Gasteiger partial charge is 0.477 e. The lowest BCUT2D eigenvalue weighted by Crippen LogP contribution is -2.21. The average molecular weight is 235 g/mol. The first-order valence-electron chi connectivity index (χ1n) is 5.05. The first-order valence-corrected chi connectivity index (χ1v) is 5.93. The Hall–Kier alpha value is -1.42. The minimum atomic E-state index is -0.896. The van der Waals surface area contributed by atoms with Gasteiger partial charge in [0.15, 0.2) is 0 Å². The van der Waals surface area contributed by atoms with E-state index < -0.39 is 5.97 Å². The van der Waals surface area contributed by atoms with Crippen LogP contribution in [-0.4, -0.2) is 16.4 Å². The van der Waals surface area contributed by atoms with Crippen molar-refractivity contribution in [2.24, 2.45) is 0 Å². The van der Waals surface area contributed by atoms with Crippen LogP contribution in [0, 0.1) is 6.92 Å². The highest BCUT2D eigenvalue weighted by atomic mass is 32.2. The van der Waals surface area contributed by atoms with Crippen molar-refractivity contribution in [1.82, 2.24) is 5.32 Å². The number of carboxylic acid groups (broad SMARTS) is 1. The van der Waals surface area contributed by atoms with E-state index in [0.29, 0.717) is 5.70 Å². The minimum Gasteiger partial charge on any atom is -0.477 e. The number of aryl methyl sites for hydroxylation is 1. The number of hydrogen-bond acceptors (Lipinski definition) is 3. The lowest BCUT2D eigenvalue weighted by atomic mass is 10.1. The zero-order valence-electron chi connectivity index (χ0n) is 9.15. The quantitative estimate of drug-likeness (QED) is 0.826. The Balaban J connectivity index is 2.41. The highest BCUT2D eigenvalue weighted by Crippen LogP contribution is 2.37. The van der Waals surface area contributed by atoms with Gasteiger partial charge in [-0.15, -0.1) is 0 Å². The molecule has 16 heavy (non-hydrogen) atoms. The number of hydrogen-bond donors (Lipinski definition) is 2. The first-order chi connectivity index (χ1) is 7.58. The van der Waals surface area contributed by atoms with Crippen LogP contribution in [0.3, 0.4) is 0 Å². The maximum absolute atomic E-state index is 11.1. The average Bonchev–Trinajstić information content (AvgIpc) is 2.61. The van der Waals surface area contributed by atoms with Crippen molar-refractivity contribution in [2.45, 2.75) is 19.2 Å². The molecule has 84 valence electrons. The normalized spacial score (nSPS) is 19.8. The number of aliphatic carboxylic acids is 1. The van der Waals surface area contributed by atoms with Crippen molar-refractivity contribution < 1.29 is 9.90 Å². The molecule has 3 nitrogen and oxygen atoms in total. The van der Waals surface area contributed by atoms with Crippen molar-refractivity contribution in [3.05, 3.63) is 41.1 Å². The summed E-state index contributed by atoms with van der Waals surface area (Å²) in [7, 11) is 0. The van der Waals surface area contributed by atoms with E-state index >= 15 is 0 Å². The molecule has 2 rings (SSSR count). The summed E-state index contributed by atoms with van der Waals surface area (Å²) in [6, 6.07) is 7.90. The molecular formula is C12H13NO2S. The Labute approximate surface area is 98.6 Å². The van der Waals surface area contributed by atoms with Gasteiger partial charge in [0.1, 0.15) is 5.70 Å². The monoisotopic (exact) mass is 235 g/mol. The van der Waals surface area contributed by atoms with Gasteiger partial charge >= 0.3 is 5.97 Å². The molecule has 0 saturated carbocycles. The summed E-state index contributed by atoms with van der Waals surface area (Å²) in [5.41, 5.74) is 2.44. The second kappa shape index (κ2) is 4.22. The van der Waals surface area contributed by atoms with Crippen LogP contribution >= 0.6 is 11.8 Å². The summed E-state index contributed by atoms with van der Waals surface area (Å²) in [6.07, 6.45) is 0. The Morgan fingerprint density at radius 1 is 1.38 bits per heavy atom. The summed E-state index contributed by atoms with van der Waals surface area (Å²) >= 11 is 1.55. The van der Waals surface area contributed by atoms with Gasteiger partial charge in [0.2, 0.25) is 0 Å². The summed E-state index contributed by atoms with van der Waals surface area (Å²) in [4.78, 5) is 11.9. The van der Waals surface area contributed by atoms with Crippen LogP contribution in [0.4, 0.5) is 0 Å². The van der Waals surface area contributed by atoms with Gasteiger partial charge in [-0.25, -0.2) is 4.79 Å². The standard InChI is InChI=1S/C12H13NO2S/c1-7-3-5-9(6-4-7)11-10(12(14)15)13-8(2)16-11/h3-6,8,13H,1-2H3,(H,14,15). The molecule has 0 saturated heterocycles. The van der Waals surface area contributed by atoms with Crippen LogP contribution in [-0.2, 0) is 4.79 Å². The van der Waals surface area contributed by atoms with Crippen LogP contribution in [0.15, 0.2) is 30.0 Å². The van der Waals surface area contributed by atoms with Crippen LogP contribution in [0.1, 0.15) is 18.1 Å². The molecule has 1 aliphatic heterocycles. The van der Waals surface area contributed by atoms with Crippen molar-refractivity contribution in [3.63, 3.8) is 0 Å². The molecule has 1 heterocycles. The van der Waals surface area contributed by atoms with Gasteiger partial charge in [0.25, 0.3) is 0 Å². The maximum Gasteiger partial charge on any atom is 0.353 e. The molecule has 4 heteroatoms. The van der Waals surface area contributed by atoms with Crippen molar-refractivity contribution in [2.75, 3.05) is 0 Å². The van der Waals surface area contributed by atoms with Crippen LogP contribution in [0.25, 0.3) is 4.91 Å². The van der Waals surface area contributed by atoms with Gasteiger partial charge in [-0.3, -0.25) is 0 Å². The number of rotatable bonds is 2. The first kappa shape index (κ1) is 11.1. The number of benzene rings is 1. The fourth-order valence-corrected chi connectivity index (χ4v) is 2.68. The van der Waals surface area contributed by atoms with Crippen molar-refractivity contribution in [1.29, 1.82) is 0 Å². The summed E-state index contributed by atoms with van der Waals surface area (Å²) < 4.78 is 0. The Morgan fingerprint density at radius 2 is 2.00 bits per heavy atom. The number of nitrogens with one attached hydrogen (secondary N) is 1. The third kappa shape index (κ3) is 2.07. The molecule has 1 unspecified atom stereocenters. The number of carbonyl (C=O) groups is 1. The zero-order valence-corrected chi connectivity index (χ0v) is 9.97. The minimum absolute atomic E-state index is 0.113. The molecule has 1 aliphatic rings. The van der Waals surface area contributed by atoms with E-state index in [1.54, 1.807) is 11.8 Å². The summed E-state index contributed by atoms with van der Waals surface area (Å²) in [5, 5.41) is 12.2. The van der Waals surface area contributed by atoms with Crippen molar-refractivity contribution >= 4 is 22.6 Å². The molecule has 1 aromatic rings.